The number of hydrogen-bond donors (Lipinski definition) is 1. The molecule has 0 aliphatic carbocycles. The van der Waals surface area contributed by atoms with E-state index in [0.717, 1.165) is 33.7 Å². The lowest BCUT2D eigenvalue weighted by Gasteiger charge is -2.13. The summed E-state index contributed by atoms with van der Waals surface area (Å²) in [6, 6.07) is 6.58. The van der Waals surface area contributed by atoms with Crippen LogP contribution in [0.25, 0.3) is 22.4 Å². The molecule has 0 saturated carbocycles. The maximum Gasteiger partial charge on any atom is 0.144 e. The van der Waals surface area contributed by atoms with Gasteiger partial charge >= 0.3 is 0 Å². The molecule has 2 aromatic heterocycles. The van der Waals surface area contributed by atoms with Gasteiger partial charge in [0.05, 0.1) is 22.8 Å². The largest absolute Gasteiger partial charge is 0.326 e. The van der Waals surface area contributed by atoms with Crippen molar-refractivity contribution in [1.82, 2.24) is 19.3 Å². The quantitative estimate of drug-likeness (QED) is 0.804. The molecule has 3 rings (SSSR count). The zero-order chi connectivity index (χ0) is 15.1. The average molecular weight is 283 g/mol. The summed E-state index contributed by atoms with van der Waals surface area (Å²) in [5.41, 5.74) is 11.2. The number of hydrogen-bond acceptors (Lipinski definition) is 3. The van der Waals surface area contributed by atoms with Crippen molar-refractivity contribution in [2.75, 3.05) is 0 Å². The number of aromatic nitrogens is 4. The van der Waals surface area contributed by atoms with Gasteiger partial charge in [0, 0.05) is 25.3 Å². The minimum absolute atomic E-state index is 0.327. The molecule has 0 aliphatic heterocycles. The summed E-state index contributed by atoms with van der Waals surface area (Å²) < 4.78 is 4.14. The number of imidazole rings is 1. The van der Waals surface area contributed by atoms with Crippen molar-refractivity contribution in [3.05, 3.63) is 35.7 Å². The maximum absolute atomic E-state index is 5.74. The standard InChI is InChI=1S/C16H21N5/c1-10(2)21-15-6-5-12(8-17)7-14(15)19-16(21)13-9-18-20(4)11(13)3/h5-7,9-10H,8,17H2,1-4H3. The molecule has 21 heavy (non-hydrogen) atoms. The Hall–Kier alpha value is -2.14. The molecule has 110 valence electrons. The Morgan fingerprint density at radius 3 is 2.62 bits per heavy atom. The van der Waals surface area contributed by atoms with Gasteiger partial charge in [-0.05, 0) is 38.5 Å². The molecule has 0 aliphatic rings. The first-order valence-corrected chi connectivity index (χ1v) is 7.22. The van der Waals surface area contributed by atoms with E-state index in [1.807, 2.05) is 17.9 Å². The SMILES string of the molecule is Cc1c(-c2nc3cc(CN)ccc3n2C(C)C)cnn1C. The van der Waals surface area contributed by atoms with Gasteiger partial charge in [0.1, 0.15) is 5.82 Å². The van der Waals surface area contributed by atoms with Crippen LogP contribution in [0.15, 0.2) is 24.4 Å². The molecule has 0 amide bonds. The first kappa shape index (κ1) is 13.8. The van der Waals surface area contributed by atoms with Crippen LogP contribution in [0, 0.1) is 6.92 Å². The van der Waals surface area contributed by atoms with Gasteiger partial charge in [-0.15, -0.1) is 0 Å². The van der Waals surface area contributed by atoms with Gasteiger partial charge in [0.2, 0.25) is 0 Å². The monoisotopic (exact) mass is 283 g/mol. The second-order valence-electron chi connectivity index (χ2n) is 5.69. The van der Waals surface area contributed by atoms with E-state index < -0.39 is 0 Å². The number of nitrogens with zero attached hydrogens (tertiary/aromatic N) is 4. The Kier molecular flexibility index (Phi) is 3.29. The van der Waals surface area contributed by atoms with E-state index in [4.69, 9.17) is 10.7 Å². The van der Waals surface area contributed by atoms with Gasteiger partial charge in [-0.25, -0.2) is 4.98 Å². The average Bonchev–Trinajstić information content (AvgIpc) is 2.99. The predicted octanol–water partition coefficient (Wildman–Crippen LogP) is 2.78. The van der Waals surface area contributed by atoms with Crippen LogP contribution in [0.5, 0.6) is 0 Å². The Bertz CT molecular complexity index is 794. The second kappa shape index (κ2) is 5.00. The molecule has 2 N–H and O–H groups in total. The highest BCUT2D eigenvalue weighted by Gasteiger charge is 2.18. The van der Waals surface area contributed by atoms with Crippen molar-refractivity contribution in [3.63, 3.8) is 0 Å². The Labute approximate surface area is 124 Å². The fraction of sp³-hybridized carbons (Fsp3) is 0.375. The van der Waals surface area contributed by atoms with Gasteiger partial charge in [0.25, 0.3) is 0 Å². The molecule has 0 atom stereocenters. The highest BCUT2D eigenvalue weighted by molar-refractivity contribution is 5.81. The van der Waals surface area contributed by atoms with Gasteiger partial charge in [-0.1, -0.05) is 6.07 Å². The van der Waals surface area contributed by atoms with E-state index in [9.17, 15) is 0 Å². The predicted molar refractivity (Wildman–Crippen MR) is 84.9 cm³/mol. The number of fused-ring (bicyclic) bond motifs is 1. The first-order chi connectivity index (χ1) is 10.0. The lowest BCUT2D eigenvalue weighted by atomic mass is 10.2. The molecular weight excluding hydrogens is 262 g/mol. The molecule has 5 heteroatoms. The summed E-state index contributed by atoms with van der Waals surface area (Å²) in [7, 11) is 1.95. The second-order valence-corrected chi connectivity index (χ2v) is 5.69. The fourth-order valence-corrected chi connectivity index (χ4v) is 2.70. The fourth-order valence-electron chi connectivity index (χ4n) is 2.70. The Balaban J connectivity index is 2.31. The zero-order valence-corrected chi connectivity index (χ0v) is 13.0. The molecular formula is C16H21N5. The molecule has 3 aromatic rings. The molecule has 0 saturated heterocycles. The van der Waals surface area contributed by atoms with E-state index in [0.29, 0.717) is 12.6 Å². The van der Waals surface area contributed by atoms with E-state index in [1.54, 1.807) is 0 Å². The highest BCUT2D eigenvalue weighted by atomic mass is 15.3. The van der Waals surface area contributed by atoms with E-state index in [2.05, 4.69) is 48.6 Å². The van der Waals surface area contributed by atoms with Crippen molar-refractivity contribution in [3.8, 4) is 11.4 Å². The molecule has 1 aromatic carbocycles. The Morgan fingerprint density at radius 2 is 2.05 bits per heavy atom. The number of rotatable bonds is 3. The molecule has 0 radical (unpaired) electrons. The molecule has 0 unspecified atom stereocenters. The van der Waals surface area contributed by atoms with Crippen molar-refractivity contribution in [1.29, 1.82) is 0 Å². The van der Waals surface area contributed by atoms with Crippen LogP contribution in [0.3, 0.4) is 0 Å². The van der Waals surface area contributed by atoms with Gasteiger partial charge in [-0.3, -0.25) is 4.68 Å². The Morgan fingerprint density at radius 1 is 1.29 bits per heavy atom. The summed E-state index contributed by atoms with van der Waals surface area (Å²) >= 11 is 0. The molecule has 2 heterocycles. The van der Waals surface area contributed by atoms with Crippen LogP contribution >= 0.6 is 0 Å². The lowest BCUT2D eigenvalue weighted by Crippen LogP contribution is -2.04. The summed E-state index contributed by atoms with van der Waals surface area (Å²) in [4.78, 5) is 4.84. The normalized spacial score (nSPS) is 11.7. The summed E-state index contributed by atoms with van der Waals surface area (Å²) in [5, 5.41) is 4.34. The van der Waals surface area contributed by atoms with Crippen LogP contribution < -0.4 is 5.73 Å². The number of aryl methyl sites for hydroxylation is 1. The molecule has 5 nitrogen and oxygen atoms in total. The highest BCUT2D eigenvalue weighted by Crippen LogP contribution is 2.30. The third-order valence-electron chi connectivity index (χ3n) is 3.98. The molecule has 0 bridgehead atoms. The van der Waals surface area contributed by atoms with Crippen molar-refractivity contribution < 1.29 is 0 Å². The summed E-state index contributed by atoms with van der Waals surface area (Å²) in [6.07, 6.45) is 1.89. The van der Waals surface area contributed by atoms with Crippen LogP contribution in [0.4, 0.5) is 0 Å². The third-order valence-corrected chi connectivity index (χ3v) is 3.98. The van der Waals surface area contributed by atoms with Gasteiger partial charge in [-0.2, -0.15) is 5.10 Å². The van der Waals surface area contributed by atoms with Gasteiger partial charge in [0.15, 0.2) is 0 Å². The first-order valence-electron chi connectivity index (χ1n) is 7.22. The van der Waals surface area contributed by atoms with E-state index in [1.165, 1.54) is 0 Å². The van der Waals surface area contributed by atoms with Crippen molar-refractivity contribution >= 4 is 11.0 Å². The maximum atomic E-state index is 5.74. The summed E-state index contributed by atoms with van der Waals surface area (Å²) in [6.45, 7) is 6.95. The van der Waals surface area contributed by atoms with Crippen LogP contribution in [-0.2, 0) is 13.6 Å². The smallest absolute Gasteiger partial charge is 0.144 e. The third kappa shape index (κ3) is 2.14. The van der Waals surface area contributed by atoms with Crippen molar-refractivity contribution in [2.24, 2.45) is 12.8 Å². The van der Waals surface area contributed by atoms with E-state index >= 15 is 0 Å². The number of nitrogens with two attached hydrogens (primary N) is 1. The van der Waals surface area contributed by atoms with Crippen molar-refractivity contribution in [2.45, 2.75) is 33.4 Å². The number of benzene rings is 1. The zero-order valence-electron chi connectivity index (χ0n) is 13.0. The lowest BCUT2D eigenvalue weighted by molar-refractivity contribution is 0.624. The van der Waals surface area contributed by atoms with Gasteiger partial charge < -0.3 is 10.3 Å². The summed E-state index contributed by atoms with van der Waals surface area (Å²) in [5.74, 6) is 0.972. The molecule has 0 spiro atoms. The van der Waals surface area contributed by atoms with E-state index in [-0.39, 0.29) is 0 Å². The molecule has 0 fully saturated rings. The van der Waals surface area contributed by atoms with Crippen LogP contribution in [0.1, 0.15) is 31.1 Å². The minimum atomic E-state index is 0.327. The minimum Gasteiger partial charge on any atom is -0.326 e. The van der Waals surface area contributed by atoms with Crippen LogP contribution in [-0.4, -0.2) is 19.3 Å². The van der Waals surface area contributed by atoms with Crippen LogP contribution in [0.2, 0.25) is 0 Å². The topological polar surface area (TPSA) is 61.7 Å².